The summed E-state index contributed by atoms with van der Waals surface area (Å²) < 4.78 is 12.6. The number of anilines is 1. The molecule has 1 N–H and O–H groups in total. The number of carbonyl (C=O) groups is 5. The summed E-state index contributed by atoms with van der Waals surface area (Å²) in [6, 6.07) is 18.9. The second kappa shape index (κ2) is 15.7. The molecular weight excluding hydrogens is 770 g/mol. The smallest absolute Gasteiger partial charge is 0.262 e. The molecular formula is C46H50ClN5O7. The van der Waals surface area contributed by atoms with E-state index in [-0.39, 0.29) is 76.9 Å². The van der Waals surface area contributed by atoms with E-state index in [0.717, 1.165) is 62.6 Å². The normalized spacial score (nSPS) is 24.2. The molecule has 2 saturated heterocycles. The lowest BCUT2D eigenvalue weighted by Gasteiger charge is -2.63. The third-order valence-corrected chi connectivity index (χ3v) is 13.6. The lowest BCUT2D eigenvalue weighted by molar-refractivity contribution is -0.164. The molecule has 13 heteroatoms. The van der Waals surface area contributed by atoms with E-state index in [4.69, 9.17) is 21.1 Å². The van der Waals surface area contributed by atoms with E-state index in [2.05, 4.69) is 48.9 Å². The van der Waals surface area contributed by atoms with Gasteiger partial charge in [0.25, 0.3) is 17.7 Å². The van der Waals surface area contributed by atoms with Crippen LogP contribution in [0.4, 0.5) is 5.69 Å². The number of fused-ring (bicyclic) bond motifs is 1. The van der Waals surface area contributed by atoms with Gasteiger partial charge in [-0.25, -0.2) is 0 Å². The maximum absolute atomic E-state index is 13.5. The summed E-state index contributed by atoms with van der Waals surface area (Å²) in [6.45, 7) is 12.9. The first kappa shape index (κ1) is 40.5. The monoisotopic (exact) mass is 819 g/mol. The number of imide groups is 1. The zero-order valence-corrected chi connectivity index (χ0v) is 34.7. The molecule has 3 aromatic rings. The van der Waals surface area contributed by atoms with E-state index in [0.29, 0.717) is 33.6 Å². The third kappa shape index (κ3) is 7.71. The topological polar surface area (TPSA) is 149 Å². The number of nitrogens with one attached hydrogen (secondary N) is 1. The van der Waals surface area contributed by atoms with Crippen molar-refractivity contribution in [2.45, 2.75) is 90.5 Å². The van der Waals surface area contributed by atoms with Crippen LogP contribution in [0, 0.1) is 28.1 Å². The standard InChI is InChI=1S/C46H50ClN5O7/c1-45(2)43(46(3,4)44(45)59-33-11-7-29(24-48)37(47)23-33)49-40(55)28-5-8-30(9-6-28)51-19-16-27(17-20-51)15-18-50-25-34(26-50)58-32-12-13-35-36(22-32)42(57)52(41(35)56)38-14-10-31(53)21-39(38)54/h5-9,11-13,22-23,27,34,38,43-44H,10,14-21,25-26H2,1-4H3,(H,49,55). The number of likely N-dealkylation sites (tertiary alicyclic amines) is 1. The van der Waals surface area contributed by atoms with Gasteiger partial charge in [-0.05, 0) is 92.7 Å². The Bertz CT molecular complexity index is 2220. The highest BCUT2D eigenvalue weighted by atomic mass is 35.5. The van der Waals surface area contributed by atoms with Crippen LogP contribution >= 0.6 is 11.6 Å². The zero-order valence-electron chi connectivity index (χ0n) is 34.0. The van der Waals surface area contributed by atoms with Crippen molar-refractivity contribution in [3.63, 3.8) is 0 Å². The van der Waals surface area contributed by atoms with Crippen LogP contribution in [-0.4, -0.2) is 96.1 Å². The molecule has 8 rings (SSSR count). The number of hydrogen-bond donors (Lipinski definition) is 1. The molecule has 3 aliphatic heterocycles. The molecule has 59 heavy (non-hydrogen) atoms. The summed E-state index contributed by atoms with van der Waals surface area (Å²) in [5.74, 6) is 0.117. The number of carbonyl (C=O) groups excluding carboxylic acids is 5. The van der Waals surface area contributed by atoms with E-state index < -0.39 is 17.9 Å². The average molecular weight is 820 g/mol. The Balaban J connectivity index is 0.756. The fraction of sp³-hybridized carbons (Fsp3) is 0.478. The first-order chi connectivity index (χ1) is 28.1. The highest BCUT2D eigenvalue weighted by Crippen LogP contribution is 2.55. The number of nitriles is 1. The minimum absolute atomic E-state index is 0.00744. The van der Waals surface area contributed by atoms with Gasteiger partial charge >= 0.3 is 0 Å². The summed E-state index contributed by atoms with van der Waals surface area (Å²) in [7, 11) is 0. The molecule has 12 nitrogen and oxygen atoms in total. The Morgan fingerprint density at radius 3 is 2.19 bits per heavy atom. The van der Waals surface area contributed by atoms with E-state index in [1.54, 1.807) is 36.4 Å². The van der Waals surface area contributed by atoms with Crippen LogP contribution in [0.15, 0.2) is 60.7 Å². The molecule has 0 aromatic heterocycles. The Kier molecular flexibility index (Phi) is 10.8. The van der Waals surface area contributed by atoms with Crippen LogP contribution in [0.5, 0.6) is 11.5 Å². The maximum Gasteiger partial charge on any atom is 0.262 e. The van der Waals surface area contributed by atoms with Gasteiger partial charge in [-0.1, -0.05) is 39.3 Å². The van der Waals surface area contributed by atoms with Gasteiger partial charge in [0.2, 0.25) is 0 Å². The van der Waals surface area contributed by atoms with E-state index in [9.17, 15) is 29.2 Å². The summed E-state index contributed by atoms with van der Waals surface area (Å²) in [6.07, 6.45) is 3.25. The van der Waals surface area contributed by atoms with Gasteiger partial charge in [-0.3, -0.25) is 33.8 Å². The molecule has 3 amide bonds. The Labute approximate surface area is 349 Å². The van der Waals surface area contributed by atoms with Crippen molar-refractivity contribution in [1.29, 1.82) is 5.26 Å². The van der Waals surface area contributed by atoms with Crippen LogP contribution < -0.4 is 19.7 Å². The number of Topliss-reactive ketones (excluding diaryl/α,β-unsaturated/α-hetero) is 2. The van der Waals surface area contributed by atoms with Gasteiger partial charge < -0.3 is 19.7 Å². The highest BCUT2D eigenvalue weighted by Gasteiger charge is 2.64. The molecule has 1 unspecified atom stereocenters. The van der Waals surface area contributed by atoms with Crippen LogP contribution in [0.25, 0.3) is 0 Å². The van der Waals surface area contributed by atoms with E-state index >= 15 is 0 Å². The van der Waals surface area contributed by atoms with Crippen LogP contribution in [0.2, 0.25) is 5.02 Å². The molecule has 308 valence electrons. The van der Waals surface area contributed by atoms with Gasteiger partial charge in [0, 0.05) is 66.8 Å². The fourth-order valence-corrected chi connectivity index (χ4v) is 10.4. The van der Waals surface area contributed by atoms with Crippen LogP contribution in [-0.2, 0) is 9.59 Å². The van der Waals surface area contributed by atoms with Crippen molar-refractivity contribution in [2.75, 3.05) is 37.6 Å². The quantitative estimate of drug-likeness (QED) is 0.168. The molecule has 5 aliphatic rings. The number of ether oxygens (including phenoxy) is 2. The second-order valence-electron chi connectivity index (χ2n) is 18.0. The number of piperidine rings is 1. The minimum atomic E-state index is -0.885. The Morgan fingerprint density at radius 1 is 0.864 bits per heavy atom. The maximum atomic E-state index is 13.5. The number of ketones is 2. The lowest BCUT2D eigenvalue weighted by Crippen LogP contribution is -2.74. The fourth-order valence-electron chi connectivity index (χ4n) is 10.2. The van der Waals surface area contributed by atoms with Crippen molar-refractivity contribution in [3.05, 3.63) is 87.9 Å². The van der Waals surface area contributed by atoms with Crippen LogP contribution in [0.1, 0.15) is 103 Å². The number of nitrogens with zero attached hydrogens (tertiary/aromatic N) is 4. The first-order valence-corrected chi connectivity index (χ1v) is 21.0. The SMILES string of the molecule is CC1(C)C(NC(=O)c2ccc(N3CCC(CCN4CC(Oc5ccc6c(c5)C(=O)N(C5CCC(=O)CC5=O)C6=O)C4)CC3)cc2)C(C)(C)C1Oc1ccc(C#N)c(Cl)c1. The summed E-state index contributed by atoms with van der Waals surface area (Å²) in [5.41, 5.74) is 1.95. The lowest BCUT2D eigenvalue weighted by atomic mass is 9.49. The van der Waals surface area contributed by atoms with Gasteiger partial charge in [0.15, 0.2) is 5.78 Å². The van der Waals surface area contributed by atoms with Crippen molar-refractivity contribution in [2.24, 2.45) is 16.7 Å². The summed E-state index contributed by atoms with van der Waals surface area (Å²) in [5, 5.41) is 12.8. The predicted octanol–water partition coefficient (Wildman–Crippen LogP) is 6.48. The summed E-state index contributed by atoms with van der Waals surface area (Å²) >= 11 is 6.25. The molecule has 3 heterocycles. The van der Waals surface area contributed by atoms with Crippen molar-refractivity contribution >= 4 is 46.6 Å². The molecule has 4 fully saturated rings. The number of rotatable bonds is 11. The van der Waals surface area contributed by atoms with Crippen molar-refractivity contribution < 1.29 is 33.4 Å². The van der Waals surface area contributed by atoms with E-state index in [1.807, 2.05) is 24.3 Å². The number of hydrogen-bond acceptors (Lipinski definition) is 10. The van der Waals surface area contributed by atoms with Crippen LogP contribution in [0.3, 0.4) is 0 Å². The Hall–Kier alpha value is -5.25. The van der Waals surface area contributed by atoms with Gasteiger partial charge in [0.1, 0.15) is 35.6 Å². The number of halogens is 1. The van der Waals surface area contributed by atoms with Crippen molar-refractivity contribution in [1.82, 2.24) is 15.1 Å². The Morgan fingerprint density at radius 2 is 1.53 bits per heavy atom. The van der Waals surface area contributed by atoms with Gasteiger partial charge in [-0.15, -0.1) is 0 Å². The number of amides is 3. The molecule has 3 aromatic carbocycles. The third-order valence-electron chi connectivity index (χ3n) is 13.3. The molecule has 0 bridgehead atoms. The zero-order chi connectivity index (χ0) is 41.8. The molecule has 0 radical (unpaired) electrons. The van der Waals surface area contributed by atoms with Gasteiger partial charge in [0.05, 0.1) is 34.2 Å². The van der Waals surface area contributed by atoms with E-state index in [1.165, 1.54) is 0 Å². The molecule has 1 atom stereocenters. The van der Waals surface area contributed by atoms with Gasteiger partial charge in [-0.2, -0.15) is 5.26 Å². The minimum Gasteiger partial charge on any atom is -0.489 e. The highest BCUT2D eigenvalue weighted by molar-refractivity contribution is 6.31. The average Bonchev–Trinajstić information content (AvgIpc) is 3.44. The largest absolute Gasteiger partial charge is 0.489 e. The first-order valence-electron chi connectivity index (χ1n) is 20.6. The molecule has 2 aliphatic carbocycles. The molecule has 2 saturated carbocycles. The second-order valence-corrected chi connectivity index (χ2v) is 18.4. The number of benzene rings is 3. The predicted molar refractivity (Wildman–Crippen MR) is 221 cm³/mol. The summed E-state index contributed by atoms with van der Waals surface area (Å²) in [4.78, 5) is 69.7. The van der Waals surface area contributed by atoms with Crippen molar-refractivity contribution in [3.8, 4) is 17.6 Å². The molecule has 0 spiro atoms.